The number of amides is 1. The van der Waals surface area contributed by atoms with E-state index in [-0.39, 0.29) is 11.6 Å². The van der Waals surface area contributed by atoms with E-state index in [1.54, 1.807) is 25.1 Å². The van der Waals surface area contributed by atoms with Gasteiger partial charge in [-0.3, -0.25) is 4.79 Å². The number of carbonyl (C=O) groups is 1. The van der Waals surface area contributed by atoms with Gasteiger partial charge in [0, 0.05) is 11.3 Å². The van der Waals surface area contributed by atoms with E-state index in [9.17, 15) is 9.18 Å². The van der Waals surface area contributed by atoms with Gasteiger partial charge in [-0.05, 0) is 55.7 Å². The van der Waals surface area contributed by atoms with Crippen LogP contribution >= 0.6 is 0 Å². The van der Waals surface area contributed by atoms with Crippen molar-refractivity contribution in [2.24, 2.45) is 0 Å². The smallest absolute Gasteiger partial charge is 0.256 e. The van der Waals surface area contributed by atoms with Gasteiger partial charge in [0.25, 0.3) is 5.91 Å². The van der Waals surface area contributed by atoms with Crippen LogP contribution in [0.4, 0.5) is 15.8 Å². The highest BCUT2D eigenvalue weighted by Crippen LogP contribution is 2.21. The number of rotatable bonds is 2. The van der Waals surface area contributed by atoms with Gasteiger partial charge in [0.15, 0.2) is 0 Å². The van der Waals surface area contributed by atoms with Crippen molar-refractivity contribution >= 4 is 17.3 Å². The molecule has 3 nitrogen and oxygen atoms in total. The molecule has 0 spiro atoms. The van der Waals surface area contributed by atoms with Crippen LogP contribution < -0.4 is 11.1 Å². The molecule has 0 saturated carbocycles. The lowest BCUT2D eigenvalue weighted by Crippen LogP contribution is -2.15. The van der Waals surface area contributed by atoms with Gasteiger partial charge in [-0.15, -0.1) is 0 Å². The number of aryl methyl sites for hydroxylation is 3. The lowest BCUT2D eigenvalue weighted by atomic mass is 10.0. The molecule has 20 heavy (non-hydrogen) atoms. The summed E-state index contributed by atoms with van der Waals surface area (Å²) in [6.07, 6.45) is 0. The zero-order chi connectivity index (χ0) is 14.9. The third-order valence-electron chi connectivity index (χ3n) is 3.23. The maximum atomic E-state index is 13.7. The quantitative estimate of drug-likeness (QED) is 0.821. The molecule has 104 valence electrons. The first-order valence-corrected chi connectivity index (χ1v) is 6.32. The fourth-order valence-electron chi connectivity index (χ4n) is 2.02. The Hall–Kier alpha value is -2.36. The van der Waals surface area contributed by atoms with Crippen molar-refractivity contribution in [3.8, 4) is 0 Å². The van der Waals surface area contributed by atoms with E-state index in [1.165, 1.54) is 6.07 Å². The van der Waals surface area contributed by atoms with Gasteiger partial charge in [0.1, 0.15) is 5.82 Å². The van der Waals surface area contributed by atoms with Crippen molar-refractivity contribution in [2.75, 3.05) is 11.1 Å². The zero-order valence-electron chi connectivity index (χ0n) is 11.8. The third kappa shape index (κ3) is 2.79. The molecule has 0 atom stereocenters. The molecular formula is C16H17FN2O. The standard InChI is InChI=1S/C16H17FN2O/c1-9-4-5-15(13(17)6-9)19-16(20)12-8-14(18)11(3)7-10(12)2/h4-8H,18H2,1-3H3,(H,19,20). The molecule has 0 aliphatic heterocycles. The van der Waals surface area contributed by atoms with Crippen LogP contribution in [-0.2, 0) is 0 Å². The van der Waals surface area contributed by atoms with E-state index in [1.807, 2.05) is 19.9 Å². The number of nitrogens with two attached hydrogens (primary N) is 1. The minimum atomic E-state index is -0.448. The van der Waals surface area contributed by atoms with E-state index in [2.05, 4.69) is 5.32 Å². The summed E-state index contributed by atoms with van der Waals surface area (Å²) in [6.45, 7) is 5.50. The number of halogens is 1. The fourth-order valence-corrected chi connectivity index (χ4v) is 2.02. The highest BCUT2D eigenvalue weighted by Gasteiger charge is 2.13. The number of nitrogens with one attached hydrogen (secondary N) is 1. The number of hydrogen-bond acceptors (Lipinski definition) is 2. The number of nitrogen functional groups attached to an aromatic ring is 1. The maximum absolute atomic E-state index is 13.7. The predicted octanol–water partition coefficient (Wildman–Crippen LogP) is 3.59. The van der Waals surface area contributed by atoms with Crippen LogP contribution in [0.1, 0.15) is 27.0 Å². The van der Waals surface area contributed by atoms with Crippen LogP contribution in [-0.4, -0.2) is 5.91 Å². The molecule has 0 radical (unpaired) electrons. The molecule has 1 amide bonds. The lowest BCUT2D eigenvalue weighted by Gasteiger charge is -2.11. The molecule has 0 saturated heterocycles. The molecule has 2 aromatic carbocycles. The van der Waals surface area contributed by atoms with Crippen LogP contribution in [0.3, 0.4) is 0 Å². The number of hydrogen-bond donors (Lipinski definition) is 2. The fraction of sp³-hybridized carbons (Fsp3) is 0.188. The summed E-state index contributed by atoms with van der Waals surface area (Å²) in [6, 6.07) is 8.14. The van der Waals surface area contributed by atoms with E-state index >= 15 is 0 Å². The van der Waals surface area contributed by atoms with Crippen LogP contribution in [0, 0.1) is 26.6 Å². The molecule has 3 N–H and O–H groups in total. The van der Waals surface area contributed by atoms with Crippen molar-refractivity contribution in [3.05, 3.63) is 58.4 Å². The Morgan fingerprint density at radius 2 is 1.80 bits per heavy atom. The van der Waals surface area contributed by atoms with Gasteiger partial charge < -0.3 is 11.1 Å². The van der Waals surface area contributed by atoms with Crippen LogP contribution in [0.2, 0.25) is 0 Å². The zero-order valence-corrected chi connectivity index (χ0v) is 11.8. The van der Waals surface area contributed by atoms with Gasteiger partial charge in [-0.25, -0.2) is 4.39 Å². The molecular weight excluding hydrogens is 255 g/mol. The molecule has 2 aromatic rings. The Labute approximate surface area is 117 Å². The number of carbonyl (C=O) groups excluding carboxylic acids is 1. The molecule has 4 heteroatoms. The molecule has 0 fully saturated rings. The van der Waals surface area contributed by atoms with Crippen molar-refractivity contribution in [3.63, 3.8) is 0 Å². The van der Waals surface area contributed by atoms with E-state index in [4.69, 9.17) is 5.73 Å². The molecule has 2 rings (SSSR count). The second-order valence-corrected chi connectivity index (χ2v) is 4.96. The lowest BCUT2D eigenvalue weighted by molar-refractivity contribution is 0.102. The summed E-state index contributed by atoms with van der Waals surface area (Å²) >= 11 is 0. The van der Waals surface area contributed by atoms with Crippen molar-refractivity contribution in [1.82, 2.24) is 0 Å². The average molecular weight is 272 g/mol. The van der Waals surface area contributed by atoms with Gasteiger partial charge in [-0.2, -0.15) is 0 Å². The van der Waals surface area contributed by atoms with E-state index in [0.717, 1.165) is 16.7 Å². The highest BCUT2D eigenvalue weighted by molar-refractivity contribution is 6.06. The van der Waals surface area contributed by atoms with Crippen LogP contribution in [0.25, 0.3) is 0 Å². The number of benzene rings is 2. The Morgan fingerprint density at radius 3 is 2.45 bits per heavy atom. The summed E-state index contributed by atoms with van der Waals surface area (Å²) in [4.78, 5) is 12.2. The molecule has 0 aromatic heterocycles. The minimum Gasteiger partial charge on any atom is -0.398 e. The second-order valence-electron chi connectivity index (χ2n) is 4.96. The first kappa shape index (κ1) is 14.1. The largest absolute Gasteiger partial charge is 0.398 e. The van der Waals surface area contributed by atoms with Crippen molar-refractivity contribution < 1.29 is 9.18 Å². The third-order valence-corrected chi connectivity index (χ3v) is 3.23. The molecule has 0 bridgehead atoms. The SMILES string of the molecule is Cc1ccc(NC(=O)c2cc(N)c(C)cc2C)c(F)c1. The number of anilines is 2. The summed E-state index contributed by atoms with van der Waals surface area (Å²) in [5.74, 6) is -0.812. The summed E-state index contributed by atoms with van der Waals surface area (Å²) < 4.78 is 13.7. The summed E-state index contributed by atoms with van der Waals surface area (Å²) in [5, 5.41) is 2.57. The van der Waals surface area contributed by atoms with Gasteiger partial charge >= 0.3 is 0 Å². The average Bonchev–Trinajstić information content (AvgIpc) is 2.37. The molecule has 0 aliphatic rings. The monoisotopic (exact) mass is 272 g/mol. The molecule has 0 unspecified atom stereocenters. The first-order chi connectivity index (χ1) is 9.38. The Bertz CT molecular complexity index is 680. The summed E-state index contributed by atoms with van der Waals surface area (Å²) in [7, 11) is 0. The maximum Gasteiger partial charge on any atom is 0.256 e. The van der Waals surface area contributed by atoms with Crippen molar-refractivity contribution in [1.29, 1.82) is 0 Å². The van der Waals surface area contributed by atoms with E-state index in [0.29, 0.717) is 11.3 Å². The second kappa shape index (κ2) is 5.33. The Morgan fingerprint density at radius 1 is 1.10 bits per heavy atom. The normalized spacial score (nSPS) is 10.4. The van der Waals surface area contributed by atoms with Crippen LogP contribution in [0.15, 0.2) is 30.3 Å². The highest BCUT2D eigenvalue weighted by atomic mass is 19.1. The first-order valence-electron chi connectivity index (χ1n) is 6.32. The Balaban J connectivity index is 2.31. The molecule has 0 aliphatic carbocycles. The Kier molecular flexibility index (Phi) is 3.74. The van der Waals surface area contributed by atoms with Gasteiger partial charge in [0.05, 0.1) is 5.69 Å². The van der Waals surface area contributed by atoms with Gasteiger partial charge in [0.2, 0.25) is 0 Å². The van der Waals surface area contributed by atoms with Gasteiger partial charge in [-0.1, -0.05) is 12.1 Å². The molecule has 0 heterocycles. The van der Waals surface area contributed by atoms with Crippen LogP contribution in [0.5, 0.6) is 0 Å². The predicted molar refractivity (Wildman–Crippen MR) is 79.4 cm³/mol. The minimum absolute atomic E-state index is 0.166. The van der Waals surface area contributed by atoms with E-state index < -0.39 is 5.82 Å². The summed E-state index contributed by atoms with van der Waals surface area (Å²) in [5.41, 5.74) is 9.51. The topological polar surface area (TPSA) is 55.1 Å². The van der Waals surface area contributed by atoms with Crippen molar-refractivity contribution in [2.45, 2.75) is 20.8 Å².